The second kappa shape index (κ2) is 5.96. The summed E-state index contributed by atoms with van der Waals surface area (Å²) in [6.07, 6.45) is 6.68. The van der Waals surface area contributed by atoms with Gasteiger partial charge in [0.05, 0.1) is 4.92 Å². The number of carbonyl (C=O) groups is 1. The molecule has 6 heteroatoms. The van der Waals surface area contributed by atoms with Crippen LogP contribution in [0.25, 0.3) is 0 Å². The van der Waals surface area contributed by atoms with Gasteiger partial charge < -0.3 is 9.47 Å². The lowest BCUT2D eigenvalue weighted by Gasteiger charge is -2.61. The van der Waals surface area contributed by atoms with Crippen molar-refractivity contribution in [3.8, 4) is 5.75 Å². The largest absolute Gasteiger partial charge is 0.514 e. The SMILES string of the molecule is CC(C)(OC(=O)Oc1ccc([N+](=O)[O-])cc1)C12CC3CC(CC(C3)C1)C2. The standard InChI is InChI=1S/C20H25NO5/c1-19(2,20-10-13-7-14(11-20)9-15(8-13)12-20)26-18(22)25-17-5-3-16(4-6-17)21(23)24/h3-6,13-15H,7-12H2,1-2H3. The summed E-state index contributed by atoms with van der Waals surface area (Å²) < 4.78 is 11.1. The van der Waals surface area contributed by atoms with Gasteiger partial charge in [-0.2, -0.15) is 0 Å². The highest BCUT2D eigenvalue weighted by molar-refractivity contribution is 5.64. The zero-order valence-electron chi connectivity index (χ0n) is 15.3. The lowest BCUT2D eigenvalue weighted by Crippen LogP contribution is -2.57. The number of ether oxygens (including phenoxy) is 2. The first kappa shape index (κ1) is 17.3. The smallest absolute Gasteiger partial charge is 0.427 e. The predicted octanol–water partition coefficient (Wildman–Crippen LogP) is 5.11. The van der Waals surface area contributed by atoms with Gasteiger partial charge in [-0.15, -0.1) is 0 Å². The van der Waals surface area contributed by atoms with Gasteiger partial charge in [0.2, 0.25) is 0 Å². The normalized spacial score (nSPS) is 32.3. The van der Waals surface area contributed by atoms with Crippen LogP contribution in [0.5, 0.6) is 5.75 Å². The van der Waals surface area contributed by atoms with Crippen LogP contribution in [-0.2, 0) is 4.74 Å². The van der Waals surface area contributed by atoms with Crippen molar-refractivity contribution in [1.29, 1.82) is 0 Å². The quantitative estimate of drug-likeness (QED) is 0.323. The zero-order valence-corrected chi connectivity index (χ0v) is 15.3. The van der Waals surface area contributed by atoms with Crippen LogP contribution in [0.4, 0.5) is 10.5 Å². The molecule has 0 aromatic heterocycles. The highest BCUT2D eigenvalue weighted by atomic mass is 16.7. The maximum Gasteiger partial charge on any atom is 0.514 e. The molecular weight excluding hydrogens is 334 g/mol. The monoisotopic (exact) mass is 359 g/mol. The molecule has 26 heavy (non-hydrogen) atoms. The van der Waals surface area contributed by atoms with E-state index in [9.17, 15) is 14.9 Å². The Labute approximate surface area is 153 Å². The lowest BCUT2D eigenvalue weighted by atomic mass is 9.46. The first-order valence-electron chi connectivity index (χ1n) is 9.42. The van der Waals surface area contributed by atoms with Gasteiger partial charge >= 0.3 is 6.16 Å². The molecule has 6 nitrogen and oxygen atoms in total. The van der Waals surface area contributed by atoms with Crippen molar-refractivity contribution < 1.29 is 19.2 Å². The summed E-state index contributed by atoms with van der Waals surface area (Å²) in [5.74, 6) is 2.57. The number of hydrogen-bond acceptors (Lipinski definition) is 5. The van der Waals surface area contributed by atoms with Crippen LogP contribution in [0.2, 0.25) is 0 Å². The van der Waals surface area contributed by atoms with Crippen LogP contribution in [0, 0.1) is 33.3 Å². The van der Waals surface area contributed by atoms with E-state index in [0.29, 0.717) is 0 Å². The van der Waals surface area contributed by atoms with Crippen molar-refractivity contribution in [3.05, 3.63) is 34.4 Å². The van der Waals surface area contributed by atoms with E-state index in [-0.39, 0.29) is 16.9 Å². The number of carbonyl (C=O) groups excluding carboxylic acids is 1. The number of nitrogens with zero attached hydrogens (tertiary/aromatic N) is 1. The van der Waals surface area contributed by atoms with Crippen LogP contribution in [0.1, 0.15) is 52.4 Å². The highest BCUT2D eigenvalue weighted by Crippen LogP contribution is 2.64. The van der Waals surface area contributed by atoms with Gasteiger partial charge in [0.25, 0.3) is 5.69 Å². The van der Waals surface area contributed by atoms with Gasteiger partial charge in [-0.3, -0.25) is 10.1 Å². The molecule has 0 saturated heterocycles. The fraction of sp³-hybridized carbons (Fsp3) is 0.650. The van der Waals surface area contributed by atoms with Gasteiger partial charge in [-0.25, -0.2) is 4.79 Å². The Morgan fingerprint density at radius 3 is 2.04 bits per heavy atom. The van der Waals surface area contributed by atoms with E-state index < -0.39 is 16.7 Å². The minimum Gasteiger partial charge on any atom is -0.427 e. The van der Waals surface area contributed by atoms with E-state index in [0.717, 1.165) is 37.0 Å². The third-order valence-electron chi connectivity index (χ3n) is 6.90. The van der Waals surface area contributed by atoms with Crippen molar-refractivity contribution in [2.45, 2.75) is 58.0 Å². The molecular formula is C20H25NO5. The molecule has 0 amide bonds. The first-order chi connectivity index (χ1) is 12.3. The van der Waals surface area contributed by atoms with Crippen molar-refractivity contribution in [2.24, 2.45) is 23.2 Å². The minimum atomic E-state index is -0.736. The number of rotatable bonds is 4. The summed E-state index contributed by atoms with van der Waals surface area (Å²) in [5, 5.41) is 10.7. The Kier molecular flexibility index (Phi) is 3.97. The molecule has 0 atom stereocenters. The van der Waals surface area contributed by atoms with Crippen LogP contribution in [-0.4, -0.2) is 16.7 Å². The second-order valence-corrected chi connectivity index (χ2v) is 8.91. The number of non-ortho nitro benzene ring substituents is 1. The maximum atomic E-state index is 12.4. The van der Waals surface area contributed by atoms with E-state index in [1.54, 1.807) is 0 Å². The van der Waals surface area contributed by atoms with Crippen molar-refractivity contribution in [1.82, 2.24) is 0 Å². The minimum absolute atomic E-state index is 0.0420. The Morgan fingerprint density at radius 2 is 1.58 bits per heavy atom. The molecule has 4 bridgehead atoms. The number of benzene rings is 1. The molecule has 0 unspecified atom stereocenters. The molecule has 4 aliphatic carbocycles. The van der Waals surface area contributed by atoms with Crippen LogP contribution in [0.15, 0.2) is 24.3 Å². The fourth-order valence-electron chi connectivity index (χ4n) is 5.92. The van der Waals surface area contributed by atoms with Gasteiger partial charge in [0.1, 0.15) is 11.4 Å². The van der Waals surface area contributed by atoms with Crippen molar-refractivity contribution in [2.75, 3.05) is 0 Å². The topological polar surface area (TPSA) is 78.7 Å². The Balaban J connectivity index is 1.44. The number of hydrogen-bond donors (Lipinski definition) is 0. The Hall–Kier alpha value is -2.11. The molecule has 1 aromatic rings. The van der Waals surface area contributed by atoms with Crippen molar-refractivity contribution >= 4 is 11.8 Å². The highest BCUT2D eigenvalue weighted by Gasteiger charge is 2.58. The van der Waals surface area contributed by atoms with Gasteiger partial charge in [0, 0.05) is 17.5 Å². The number of nitro groups is 1. The molecule has 4 fully saturated rings. The van der Waals surface area contributed by atoms with E-state index in [1.807, 2.05) is 13.8 Å². The third kappa shape index (κ3) is 2.95. The third-order valence-corrected chi connectivity index (χ3v) is 6.90. The molecule has 0 aliphatic heterocycles. The lowest BCUT2D eigenvalue weighted by molar-refractivity contribution is -0.384. The summed E-state index contributed by atoms with van der Waals surface area (Å²) in [7, 11) is 0. The molecule has 4 saturated carbocycles. The Bertz CT molecular complexity index is 689. The van der Waals surface area contributed by atoms with Crippen molar-refractivity contribution in [3.63, 3.8) is 0 Å². The van der Waals surface area contributed by atoms with Gasteiger partial charge in [-0.1, -0.05) is 0 Å². The average molecular weight is 359 g/mol. The van der Waals surface area contributed by atoms with E-state index >= 15 is 0 Å². The molecule has 1 aromatic carbocycles. The second-order valence-electron chi connectivity index (χ2n) is 8.91. The summed E-state index contributed by atoms with van der Waals surface area (Å²) in [6.45, 7) is 4.02. The summed E-state index contributed by atoms with van der Waals surface area (Å²) >= 11 is 0. The maximum absolute atomic E-state index is 12.4. The molecule has 0 N–H and O–H groups in total. The average Bonchev–Trinajstić information content (AvgIpc) is 2.53. The summed E-state index contributed by atoms with van der Waals surface area (Å²) in [6, 6.07) is 5.45. The first-order valence-corrected chi connectivity index (χ1v) is 9.42. The molecule has 4 aliphatic rings. The van der Waals surface area contributed by atoms with Crippen LogP contribution in [0.3, 0.4) is 0 Å². The van der Waals surface area contributed by atoms with E-state index in [2.05, 4.69) is 0 Å². The number of nitro benzene ring substituents is 1. The Morgan fingerprint density at radius 1 is 1.08 bits per heavy atom. The van der Waals surface area contributed by atoms with Gasteiger partial charge in [0.15, 0.2) is 0 Å². The van der Waals surface area contributed by atoms with E-state index in [1.165, 1.54) is 43.5 Å². The molecule has 0 spiro atoms. The molecule has 0 radical (unpaired) electrons. The molecule has 5 rings (SSSR count). The molecule has 0 heterocycles. The van der Waals surface area contributed by atoms with Crippen LogP contribution >= 0.6 is 0 Å². The van der Waals surface area contributed by atoms with Gasteiger partial charge in [-0.05, 0) is 82.3 Å². The summed E-state index contributed by atoms with van der Waals surface area (Å²) in [4.78, 5) is 22.6. The zero-order chi connectivity index (χ0) is 18.5. The molecule has 140 valence electrons. The van der Waals surface area contributed by atoms with E-state index in [4.69, 9.17) is 9.47 Å². The predicted molar refractivity (Wildman–Crippen MR) is 94.9 cm³/mol. The van der Waals surface area contributed by atoms with Crippen LogP contribution < -0.4 is 4.74 Å². The fourth-order valence-corrected chi connectivity index (χ4v) is 5.92. The summed E-state index contributed by atoms with van der Waals surface area (Å²) in [5.41, 5.74) is -0.573.